The van der Waals surface area contributed by atoms with Crippen molar-refractivity contribution in [1.82, 2.24) is 4.90 Å². The maximum absolute atomic E-state index is 5.51. The van der Waals surface area contributed by atoms with Crippen molar-refractivity contribution in [2.45, 2.75) is 32.8 Å². The molecule has 0 unspecified atom stereocenters. The normalized spacial score (nSPS) is 19.1. The predicted octanol–water partition coefficient (Wildman–Crippen LogP) is 2.24. The molecule has 0 radical (unpaired) electrons. The highest BCUT2D eigenvalue weighted by Crippen LogP contribution is 2.09. The van der Waals surface area contributed by atoms with Gasteiger partial charge in [0.15, 0.2) is 0 Å². The van der Waals surface area contributed by atoms with E-state index in [1.165, 1.54) is 44.0 Å². The van der Waals surface area contributed by atoms with E-state index in [1.54, 1.807) is 0 Å². The van der Waals surface area contributed by atoms with E-state index in [2.05, 4.69) is 30.5 Å². The monoisotopic (exact) mass is 217 g/mol. The summed E-state index contributed by atoms with van der Waals surface area (Å²) in [5.41, 5.74) is 0. The van der Waals surface area contributed by atoms with Crippen LogP contribution in [0, 0.1) is 0 Å². The summed E-state index contributed by atoms with van der Waals surface area (Å²) in [6.45, 7) is 8.97. The van der Waals surface area contributed by atoms with Crippen LogP contribution in [0.4, 0.5) is 0 Å². The van der Waals surface area contributed by atoms with Crippen LogP contribution in [0.1, 0.15) is 26.7 Å². The van der Waals surface area contributed by atoms with Gasteiger partial charge in [0.05, 0.1) is 6.10 Å². The van der Waals surface area contributed by atoms with Gasteiger partial charge in [0, 0.05) is 31.2 Å². The molecule has 0 aromatic rings. The van der Waals surface area contributed by atoms with Crippen molar-refractivity contribution in [1.29, 1.82) is 0 Å². The quantitative estimate of drug-likeness (QED) is 0.633. The second-order valence-corrected chi connectivity index (χ2v) is 5.31. The highest BCUT2D eigenvalue weighted by atomic mass is 32.2. The number of nitrogens with zero attached hydrogens (tertiary/aromatic N) is 1. The fraction of sp³-hybridized carbons (Fsp3) is 1.00. The van der Waals surface area contributed by atoms with E-state index in [4.69, 9.17) is 4.74 Å². The average molecular weight is 217 g/mol. The molecule has 0 aromatic heterocycles. The van der Waals surface area contributed by atoms with Crippen LogP contribution in [0.3, 0.4) is 0 Å². The molecule has 1 fully saturated rings. The summed E-state index contributed by atoms with van der Waals surface area (Å²) in [7, 11) is 0. The third-order valence-corrected chi connectivity index (χ3v) is 3.37. The standard InChI is InChI=1S/C11H23NOS/c1-11(2)13-8-4-3-5-12-6-9-14-10-7-12/h11H,3-10H2,1-2H3. The van der Waals surface area contributed by atoms with Crippen molar-refractivity contribution in [3.63, 3.8) is 0 Å². The summed E-state index contributed by atoms with van der Waals surface area (Å²) in [6.07, 6.45) is 2.89. The Bertz CT molecular complexity index is 135. The Labute approximate surface area is 92.4 Å². The zero-order valence-electron chi connectivity index (χ0n) is 9.50. The number of hydrogen-bond donors (Lipinski definition) is 0. The lowest BCUT2D eigenvalue weighted by molar-refractivity contribution is 0.0744. The average Bonchev–Trinajstić information content (AvgIpc) is 2.18. The lowest BCUT2D eigenvalue weighted by atomic mass is 10.3. The molecule has 84 valence electrons. The van der Waals surface area contributed by atoms with Gasteiger partial charge in [-0.15, -0.1) is 0 Å². The van der Waals surface area contributed by atoms with Crippen LogP contribution in [-0.4, -0.2) is 48.8 Å². The molecule has 0 amide bonds. The first-order valence-corrected chi connectivity index (χ1v) is 6.86. The van der Waals surface area contributed by atoms with E-state index < -0.39 is 0 Å². The smallest absolute Gasteiger partial charge is 0.0518 e. The van der Waals surface area contributed by atoms with Gasteiger partial charge in [-0.3, -0.25) is 0 Å². The van der Waals surface area contributed by atoms with E-state index >= 15 is 0 Å². The van der Waals surface area contributed by atoms with Crippen LogP contribution in [0.25, 0.3) is 0 Å². The van der Waals surface area contributed by atoms with Gasteiger partial charge in [-0.2, -0.15) is 11.8 Å². The van der Waals surface area contributed by atoms with E-state index in [1.807, 2.05) is 0 Å². The van der Waals surface area contributed by atoms with Crippen LogP contribution in [0.2, 0.25) is 0 Å². The van der Waals surface area contributed by atoms with Gasteiger partial charge < -0.3 is 9.64 Å². The number of unbranched alkanes of at least 4 members (excludes halogenated alkanes) is 1. The van der Waals surface area contributed by atoms with Crippen molar-refractivity contribution in [3.05, 3.63) is 0 Å². The van der Waals surface area contributed by atoms with Crippen LogP contribution in [0.5, 0.6) is 0 Å². The summed E-state index contributed by atoms with van der Waals surface area (Å²) < 4.78 is 5.51. The molecule has 1 aliphatic heterocycles. The highest BCUT2D eigenvalue weighted by molar-refractivity contribution is 7.99. The molecular weight excluding hydrogens is 194 g/mol. The van der Waals surface area contributed by atoms with Crippen molar-refractivity contribution in [2.24, 2.45) is 0 Å². The fourth-order valence-electron chi connectivity index (χ4n) is 1.58. The molecule has 0 aromatic carbocycles. The van der Waals surface area contributed by atoms with E-state index in [-0.39, 0.29) is 0 Å². The molecule has 1 heterocycles. The Morgan fingerprint density at radius 1 is 1.21 bits per heavy atom. The molecular formula is C11H23NOS. The van der Waals surface area contributed by atoms with Gasteiger partial charge in [-0.1, -0.05) is 0 Å². The topological polar surface area (TPSA) is 12.5 Å². The molecule has 1 rings (SSSR count). The first-order valence-electron chi connectivity index (χ1n) is 5.71. The summed E-state index contributed by atoms with van der Waals surface area (Å²) in [4.78, 5) is 2.58. The lowest BCUT2D eigenvalue weighted by Gasteiger charge is -2.25. The van der Waals surface area contributed by atoms with Crippen LogP contribution in [0.15, 0.2) is 0 Å². The molecule has 0 N–H and O–H groups in total. The fourth-order valence-corrected chi connectivity index (χ4v) is 2.56. The van der Waals surface area contributed by atoms with E-state index in [9.17, 15) is 0 Å². The molecule has 0 aliphatic carbocycles. The molecule has 1 saturated heterocycles. The zero-order valence-corrected chi connectivity index (χ0v) is 10.3. The van der Waals surface area contributed by atoms with Gasteiger partial charge in [-0.25, -0.2) is 0 Å². The van der Waals surface area contributed by atoms with Crippen molar-refractivity contribution < 1.29 is 4.74 Å². The SMILES string of the molecule is CC(C)OCCCCN1CCSCC1. The minimum atomic E-state index is 0.390. The number of rotatable bonds is 6. The molecule has 14 heavy (non-hydrogen) atoms. The second-order valence-electron chi connectivity index (χ2n) is 4.08. The zero-order chi connectivity index (χ0) is 10.2. The minimum absolute atomic E-state index is 0.390. The summed E-state index contributed by atoms with van der Waals surface area (Å²) in [6, 6.07) is 0. The number of hydrogen-bond acceptors (Lipinski definition) is 3. The first kappa shape index (κ1) is 12.3. The van der Waals surface area contributed by atoms with Crippen LogP contribution in [-0.2, 0) is 4.74 Å². The van der Waals surface area contributed by atoms with Gasteiger partial charge in [0.25, 0.3) is 0 Å². The Balaban J connectivity index is 1.87. The second kappa shape index (κ2) is 7.55. The molecule has 0 spiro atoms. The summed E-state index contributed by atoms with van der Waals surface area (Å²) in [5, 5.41) is 0. The summed E-state index contributed by atoms with van der Waals surface area (Å²) in [5.74, 6) is 2.64. The van der Waals surface area contributed by atoms with E-state index in [0.29, 0.717) is 6.10 Å². The Kier molecular flexibility index (Phi) is 6.65. The first-order chi connectivity index (χ1) is 6.79. The van der Waals surface area contributed by atoms with Crippen molar-refractivity contribution in [2.75, 3.05) is 37.7 Å². The molecule has 2 nitrogen and oxygen atoms in total. The Hall–Kier alpha value is 0.270. The van der Waals surface area contributed by atoms with Gasteiger partial charge in [-0.05, 0) is 33.2 Å². The largest absolute Gasteiger partial charge is 0.379 e. The molecule has 0 atom stereocenters. The van der Waals surface area contributed by atoms with E-state index in [0.717, 1.165) is 6.61 Å². The van der Waals surface area contributed by atoms with Crippen LogP contribution < -0.4 is 0 Å². The predicted molar refractivity (Wildman–Crippen MR) is 64.1 cm³/mol. The third-order valence-electron chi connectivity index (χ3n) is 2.42. The van der Waals surface area contributed by atoms with Gasteiger partial charge >= 0.3 is 0 Å². The maximum Gasteiger partial charge on any atom is 0.0518 e. The number of ether oxygens (including phenoxy) is 1. The van der Waals surface area contributed by atoms with Crippen LogP contribution >= 0.6 is 11.8 Å². The molecule has 1 aliphatic rings. The third kappa shape index (κ3) is 5.89. The molecule has 0 saturated carbocycles. The minimum Gasteiger partial charge on any atom is -0.379 e. The van der Waals surface area contributed by atoms with Crippen molar-refractivity contribution >= 4 is 11.8 Å². The summed E-state index contributed by atoms with van der Waals surface area (Å²) >= 11 is 2.08. The van der Waals surface area contributed by atoms with Gasteiger partial charge in [0.2, 0.25) is 0 Å². The number of thioether (sulfide) groups is 1. The Morgan fingerprint density at radius 3 is 2.57 bits per heavy atom. The highest BCUT2D eigenvalue weighted by Gasteiger charge is 2.08. The van der Waals surface area contributed by atoms with Gasteiger partial charge in [0.1, 0.15) is 0 Å². The van der Waals surface area contributed by atoms with Crippen molar-refractivity contribution in [3.8, 4) is 0 Å². The lowest BCUT2D eigenvalue weighted by Crippen LogP contribution is -2.33. The molecule has 0 bridgehead atoms. The molecule has 3 heteroatoms. The Morgan fingerprint density at radius 2 is 1.93 bits per heavy atom. The maximum atomic E-state index is 5.51.